The highest BCUT2D eigenvalue weighted by Crippen LogP contribution is 2.40. The van der Waals surface area contributed by atoms with Crippen LogP contribution in [0.25, 0.3) is 5.69 Å². The highest BCUT2D eigenvalue weighted by atomic mass is 16.7. The van der Waals surface area contributed by atoms with Crippen LogP contribution in [0, 0.1) is 12.8 Å². The quantitative estimate of drug-likeness (QED) is 0.475. The number of rotatable bonds is 8. The van der Waals surface area contributed by atoms with E-state index in [0.717, 1.165) is 11.4 Å². The summed E-state index contributed by atoms with van der Waals surface area (Å²) >= 11 is 0. The van der Waals surface area contributed by atoms with Gasteiger partial charge in [-0.3, -0.25) is 14.3 Å². The van der Waals surface area contributed by atoms with E-state index in [2.05, 4.69) is 0 Å². The largest absolute Gasteiger partial charge is 0.459 e. The molecule has 2 aromatic rings. The minimum absolute atomic E-state index is 0.0105. The molecule has 2 aliphatic heterocycles. The highest BCUT2D eigenvalue weighted by Gasteiger charge is 2.41. The SMILES string of the molecule is CCO[C@@H]1OC(C(=O)N2CCOCCOCCOCCOCC2)=C[C@H](c2c(C)n(C)n(-c3ccccc3)c2=O)[C@@H]1CCCO. The molecular formula is C32H47N3O9. The second-order valence-corrected chi connectivity index (χ2v) is 10.7. The van der Waals surface area contributed by atoms with E-state index < -0.39 is 12.2 Å². The molecule has 44 heavy (non-hydrogen) atoms. The monoisotopic (exact) mass is 617 g/mol. The lowest BCUT2D eigenvalue weighted by Crippen LogP contribution is -2.43. The summed E-state index contributed by atoms with van der Waals surface area (Å²) in [4.78, 5) is 29.8. The summed E-state index contributed by atoms with van der Waals surface area (Å²) in [5.74, 6) is -1.00. The Morgan fingerprint density at radius 2 is 1.55 bits per heavy atom. The van der Waals surface area contributed by atoms with Crippen molar-refractivity contribution in [3.8, 4) is 5.69 Å². The van der Waals surface area contributed by atoms with Gasteiger partial charge in [-0.25, -0.2) is 4.68 Å². The summed E-state index contributed by atoms with van der Waals surface area (Å²) in [6.07, 6.45) is 2.02. The fourth-order valence-electron chi connectivity index (χ4n) is 5.65. The van der Waals surface area contributed by atoms with Gasteiger partial charge in [0.05, 0.1) is 58.5 Å². The first-order valence-corrected chi connectivity index (χ1v) is 15.5. The van der Waals surface area contributed by atoms with Gasteiger partial charge in [0.15, 0.2) is 5.76 Å². The van der Waals surface area contributed by atoms with Crippen molar-refractivity contribution in [2.24, 2.45) is 13.0 Å². The average Bonchev–Trinajstić information content (AvgIpc) is 3.24. The molecule has 1 aromatic heterocycles. The number of ether oxygens (including phenoxy) is 6. The van der Waals surface area contributed by atoms with E-state index in [-0.39, 0.29) is 29.8 Å². The summed E-state index contributed by atoms with van der Waals surface area (Å²) in [7, 11) is 1.85. The van der Waals surface area contributed by atoms with Gasteiger partial charge in [0, 0.05) is 56.4 Å². The Morgan fingerprint density at radius 3 is 2.11 bits per heavy atom. The van der Waals surface area contributed by atoms with Crippen LogP contribution in [0.2, 0.25) is 0 Å². The fourth-order valence-corrected chi connectivity index (χ4v) is 5.65. The Balaban J connectivity index is 1.69. The molecule has 1 amide bonds. The Bertz CT molecular complexity index is 1240. The lowest BCUT2D eigenvalue weighted by Gasteiger charge is -2.37. The molecule has 3 atom stereocenters. The van der Waals surface area contributed by atoms with Gasteiger partial charge in [0.25, 0.3) is 11.5 Å². The number of benzene rings is 1. The lowest BCUT2D eigenvalue weighted by molar-refractivity contribution is -0.171. The van der Waals surface area contributed by atoms with Gasteiger partial charge in [-0.1, -0.05) is 18.2 Å². The molecule has 12 nitrogen and oxygen atoms in total. The Morgan fingerprint density at radius 1 is 0.955 bits per heavy atom. The van der Waals surface area contributed by atoms with Crippen LogP contribution in [-0.4, -0.2) is 111 Å². The minimum atomic E-state index is -0.782. The van der Waals surface area contributed by atoms with Crippen molar-refractivity contribution in [3.63, 3.8) is 0 Å². The Hall–Kier alpha value is -3.00. The van der Waals surface area contributed by atoms with E-state index in [9.17, 15) is 14.7 Å². The minimum Gasteiger partial charge on any atom is -0.459 e. The molecule has 0 saturated carbocycles. The summed E-state index contributed by atoms with van der Waals surface area (Å²) in [6, 6.07) is 9.45. The van der Waals surface area contributed by atoms with Crippen molar-refractivity contribution < 1.29 is 38.3 Å². The van der Waals surface area contributed by atoms with E-state index in [1.165, 1.54) is 0 Å². The maximum absolute atomic E-state index is 14.1. The normalized spacial score (nSPS) is 22.9. The zero-order valence-electron chi connectivity index (χ0n) is 26.2. The third kappa shape index (κ3) is 8.58. The number of para-hydroxylation sites is 1. The summed E-state index contributed by atoms with van der Waals surface area (Å²) in [6.45, 7) is 8.04. The number of carbonyl (C=O) groups excluding carboxylic acids is 1. The van der Waals surface area contributed by atoms with Crippen molar-refractivity contribution in [1.82, 2.24) is 14.3 Å². The summed E-state index contributed by atoms with van der Waals surface area (Å²) in [5, 5.41) is 9.70. The molecule has 244 valence electrons. The van der Waals surface area contributed by atoms with Crippen LogP contribution in [0.3, 0.4) is 0 Å². The predicted molar refractivity (Wildman–Crippen MR) is 163 cm³/mol. The van der Waals surface area contributed by atoms with Gasteiger partial charge >= 0.3 is 0 Å². The molecule has 1 saturated heterocycles. The zero-order chi connectivity index (χ0) is 31.3. The van der Waals surface area contributed by atoms with Crippen LogP contribution in [0.5, 0.6) is 0 Å². The van der Waals surface area contributed by atoms with E-state index in [4.69, 9.17) is 28.4 Å². The fraction of sp³-hybridized carbons (Fsp3) is 0.625. The first kappa shape index (κ1) is 33.9. The molecule has 2 aliphatic rings. The smallest absolute Gasteiger partial charge is 0.288 e. The molecule has 1 aromatic carbocycles. The molecule has 0 spiro atoms. The van der Waals surface area contributed by atoms with E-state index in [1.54, 1.807) is 15.7 Å². The maximum Gasteiger partial charge on any atom is 0.288 e. The van der Waals surface area contributed by atoms with Gasteiger partial charge in [0.1, 0.15) is 0 Å². The third-order valence-corrected chi connectivity index (χ3v) is 7.97. The van der Waals surface area contributed by atoms with Crippen LogP contribution >= 0.6 is 0 Å². The average molecular weight is 618 g/mol. The van der Waals surface area contributed by atoms with E-state index in [0.29, 0.717) is 91.0 Å². The first-order chi connectivity index (χ1) is 21.5. The van der Waals surface area contributed by atoms with Gasteiger partial charge in [-0.05, 0) is 44.9 Å². The van der Waals surface area contributed by atoms with Crippen molar-refractivity contribution in [1.29, 1.82) is 0 Å². The van der Waals surface area contributed by atoms with Crippen LogP contribution < -0.4 is 5.56 Å². The lowest BCUT2D eigenvalue weighted by atomic mass is 9.80. The number of allylic oxidation sites excluding steroid dienone is 1. The van der Waals surface area contributed by atoms with Gasteiger partial charge in [0.2, 0.25) is 6.29 Å². The Kier molecular flexibility index (Phi) is 13.5. The van der Waals surface area contributed by atoms with Crippen molar-refractivity contribution >= 4 is 5.91 Å². The predicted octanol–water partition coefficient (Wildman–Crippen LogP) is 2.14. The molecular weight excluding hydrogens is 570 g/mol. The van der Waals surface area contributed by atoms with Crippen LogP contribution in [-0.2, 0) is 40.3 Å². The molecule has 1 fully saturated rings. The Labute approximate surface area is 259 Å². The summed E-state index contributed by atoms with van der Waals surface area (Å²) < 4.78 is 38.2. The second kappa shape index (κ2) is 17.5. The number of carbonyl (C=O) groups is 1. The molecule has 0 bridgehead atoms. The van der Waals surface area contributed by atoms with Gasteiger partial charge in [-0.15, -0.1) is 0 Å². The maximum atomic E-state index is 14.1. The molecule has 12 heteroatoms. The number of aliphatic hydroxyl groups excluding tert-OH is 1. The number of aromatic nitrogens is 2. The van der Waals surface area contributed by atoms with Crippen LogP contribution in [0.4, 0.5) is 0 Å². The molecule has 1 N–H and O–H groups in total. The number of hydrogen-bond donors (Lipinski definition) is 1. The topological polar surface area (TPSA) is 123 Å². The number of hydrogen-bond acceptors (Lipinski definition) is 9. The zero-order valence-corrected chi connectivity index (χ0v) is 26.2. The molecule has 4 rings (SSSR count). The standard InChI is InChI=1S/C32H47N3O9/c1-4-43-32-26(11-8-14-36)27(29-24(2)33(3)35(31(29)38)25-9-6-5-7-10-25)23-28(44-32)30(37)34-12-15-39-17-19-41-21-22-42-20-18-40-16-13-34/h5-7,9-10,23,26-27,32,36H,4,8,11-22H2,1-3H3/t26-,27-,32+/m0/s1. The first-order valence-electron chi connectivity index (χ1n) is 15.5. The number of aliphatic hydroxyl groups is 1. The van der Waals surface area contributed by atoms with Crippen molar-refractivity contribution in [2.45, 2.75) is 38.9 Å². The van der Waals surface area contributed by atoms with Crippen LogP contribution in [0.15, 0.2) is 47.0 Å². The van der Waals surface area contributed by atoms with Crippen molar-refractivity contribution in [2.75, 3.05) is 79.2 Å². The van der Waals surface area contributed by atoms with Crippen molar-refractivity contribution in [3.05, 3.63) is 63.8 Å². The molecule has 0 radical (unpaired) electrons. The second-order valence-electron chi connectivity index (χ2n) is 10.7. The molecule has 0 unspecified atom stereocenters. The highest BCUT2D eigenvalue weighted by molar-refractivity contribution is 5.91. The summed E-state index contributed by atoms with van der Waals surface area (Å²) in [5.41, 5.74) is 1.92. The van der Waals surface area contributed by atoms with E-state index >= 15 is 0 Å². The van der Waals surface area contributed by atoms with Gasteiger partial charge in [-0.2, -0.15) is 0 Å². The van der Waals surface area contributed by atoms with Crippen LogP contribution in [0.1, 0.15) is 36.9 Å². The number of nitrogens with zero attached hydrogens (tertiary/aromatic N) is 3. The molecule has 3 heterocycles. The third-order valence-electron chi connectivity index (χ3n) is 7.97. The number of amides is 1. The molecule has 0 aliphatic carbocycles. The van der Waals surface area contributed by atoms with Gasteiger partial charge < -0.3 is 38.4 Å². The van der Waals surface area contributed by atoms with E-state index in [1.807, 2.05) is 55.9 Å².